The second-order valence-electron chi connectivity index (χ2n) is 7.63. The van der Waals surface area contributed by atoms with Crippen molar-refractivity contribution in [2.24, 2.45) is 7.05 Å². The summed E-state index contributed by atoms with van der Waals surface area (Å²) in [7, 11) is 1.02. The molecular weight excluding hydrogens is 415 g/mol. The summed E-state index contributed by atoms with van der Waals surface area (Å²) in [4.78, 5) is 42.4. The number of halogens is 3. The molecule has 1 aliphatic rings. The van der Waals surface area contributed by atoms with Gasteiger partial charge in [-0.05, 0) is 25.8 Å². The molecule has 1 N–H and O–H groups in total. The van der Waals surface area contributed by atoms with Gasteiger partial charge in [0.1, 0.15) is 0 Å². The molecule has 3 aromatic rings. The topological polar surface area (TPSA) is 93.0 Å². The van der Waals surface area contributed by atoms with Crippen molar-refractivity contribution in [1.82, 2.24) is 24.2 Å². The number of Topliss-reactive ketones (excluding diaryl/α,β-unsaturated/α-hetero) is 1. The number of piperidine rings is 1. The van der Waals surface area contributed by atoms with Gasteiger partial charge >= 0.3 is 11.9 Å². The number of amides is 1. The van der Waals surface area contributed by atoms with Crippen LogP contribution < -0.4 is 5.69 Å². The third kappa shape index (κ3) is 3.53. The summed E-state index contributed by atoms with van der Waals surface area (Å²) in [6, 6.07) is 6.60. The molecule has 0 spiro atoms. The Morgan fingerprint density at radius 1 is 1.16 bits per heavy atom. The number of rotatable bonds is 3. The van der Waals surface area contributed by atoms with Gasteiger partial charge in [0.2, 0.25) is 5.82 Å². The van der Waals surface area contributed by atoms with E-state index in [9.17, 15) is 27.6 Å². The number of hydrogen-bond donors (Lipinski definition) is 1. The fourth-order valence-electron chi connectivity index (χ4n) is 4.07. The molecular formula is C20H20F3N5O3. The van der Waals surface area contributed by atoms with Crippen molar-refractivity contribution in [2.75, 3.05) is 13.1 Å². The molecule has 164 valence electrons. The highest BCUT2D eigenvalue weighted by molar-refractivity contribution is 6.45. The number of aromatic nitrogens is 4. The van der Waals surface area contributed by atoms with E-state index in [4.69, 9.17) is 0 Å². The molecule has 1 amide bonds. The largest absolute Gasteiger partial charge is 0.451 e. The Labute approximate surface area is 174 Å². The summed E-state index contributed by atoms with van der Waals surface area (Å²) in [6.45, 7) is 2.00. The van der Waals surface area contributed by atoms with E-state index < -0.39 is 35.4 Å². The third-order valence-electron chi connectivity index (χ3n) is 5.67. The summed E-state index contributed by atoms with van der Waals surface area (Å²) in [5.41, 5.74) is 0.806. The van der Waals surface area contributed by atoms with Crippen molar-refractivity contribution in [2.45, 2.75) is 32.0 Å². The van der Waals surface area contributed by atoms with Gasteiger partial charge in [-0.2, -0.15) is 13.2 Å². The highest BCUT2D eigenvalue weighted by Crippen LogP contribution is 2.28. The van der Waals surface area contributed by atoms with Crippen molar-refractivity contribution in [3.8, 4) is 0 Å². The number of likely N-dealkylation sites (tertiary alicyclic amines) is 1. The minimum atomic E-state index is -4.74. The van der Waals surface area contributed by atoms with E-state index in [-0.39, 0.29) is 25.9 Å². The first kappa shape index (κ1) is 20.9. The summed E-state index contributed by atoms with van der Waals surface area (Å²) in [5, 5.41) is 4.12. The summed E-state index contributed by atoms with van der Waals surface area (Å²) in [5.74, 6) is -2.57. The van der Waals surface area contributed by atoms with E-state index in [1.54, 1.807) is 19.1 Å². The number of benzene rings is 1. The van der Waals surface area contributed by atoms with Crippen LogP contribution in [-0.4, -0.2) is 49.0 Å². The van der Waals surface area contributed by atoms with E-state index in [0.717, 1.165) is 17.2 Å². The smallest absolute Gasteiger partial charge is 0.358 e. The van der Waals surface area contributed by atoms with Gasteiger partial charge in [0.25, 0.3) is 11.7 Å². The second kappa shape index (κ2) is 7.40. The number of nitrogens with zero attached hydrogens (tertiary/aromatic N) is 4. The third-order valence-corrected chi connectivity index (χ3v) is 5.67. The number of ketones is 1. The summed E-state index contributed by atoms with van der Waals surface area (Å²) in [6.07, 6.45) is -4.29. The number of carbonyl (C=O) groups excluding carboxylic acids is 2. The zero-order chi connectivity index (χ0) is 22.5. The van der Waals surface area contributed by atoms with Gasteiger partial charge in [-0.25, -0.2) is 9.48 Å². The molecule has 0 aliphatic carbocycles. The van der Waals surface area contributed by atoms with Crippen LogP contribution in [0.2, 0.25) is 0 Å². The fraction of sp³-hybridized carbons (Fsp3) is 0.400. The zero-order valence-electron chi connectivity index (χ0n) is 16.9. The van der Waals surface area contributed by atoms with Crippen LogP contribution >= 0.6 is 0 Å². The SMILES string of the molecule is Cc1[nH]c2ccccc2c1C(=O)C(=O)N1CCC(n2nc(C(F)(F)F)n(C)c2=O)CC1. The number of nitrogens with one attached hydrogen (secondary N) is 1. The maximum absolute atomic E-state index is 13.0. The molecule has 4 rings (SSSR count). The van der Waals surface area contributed by atoms with Crippen LogP contribution in [0.3, 0.4) is 0 Å². The van der Waals surface area contributed by atoms with Gasteiger partial charge in [0.15, 0.2) is 0 Å². The summed E-state index contributed by atoms with van der Waals surface area (Å²) >= 11 is 0. The van der Waals surface area contributed by atoms with Gasteiger partial charge in [-0.1, -0.05) is 18.2 Å². The number of fused-ring (bicyclic) bond motifs is 1. The monoisotopic (exact) mass is 435 g/mol. The maximum Gasteiger partial charge on any atom is 0.451 e. The minimum absolute atomic E-state index is 0.140. The number of hydrogen-bond acceptors (Lipinski definition) is 4. The molecule has 31 heavy (non-hydrogen) atoms. The molecule has 0 saturated carbocycles. The standard InChI is InChI=1S/C20H20F3N5O3/c1-11-15(13-5-3-4-6-14(13)24-11)16(29)17(30)27-9-7-12(8-10-27)28-19(31)26(2)18(25-28)20(21,22)23/h3-6,12,24H,7-10H2,1-2H3. The van der Waals surface area contributed by atoms with E-state index >= 15 is 0 Å². The lowest BCUT2D eigenvalue weighted by molar-refractivity contribution is -0.147. The number of aryl methyl sites for hydroxylation is 1. The van der Waals surface area contributed by atoms with Crippen molar-refractivity contribution in [1.29, 1.82) is 0 Å². The number of carbonyl (C=O) groups is 2. The van der Waals surface area contributed by atoms with Crippen molar-refractivity contribution in [3.05, 3.63) is 51.8 Å². The Morgan fingerprint density at radius 3 is 2.42 bits per heavy atom. The predicted octanol–water partition coefficient (Wildman–Crippen LogP) is 2.44. The Morgan fingerprint density at radius 2 is 1.81 bits per heavy atom. The first-order valence-corrected chi connectivity index (χ1v) is 9.73. The van der Waals surface area contributed by atoms with Gasteiger partial charge in [0.05, 0.1) is 11.6 Å². The number of alkyl halides is 3. The van der Waals surface area contributed by atoms with E-state index in [2.05, 4.69) is 10.1 Å². The highest BCUT2D eigenvalue weighted by Gasteiger charge is 2.39. The predicted molar refractivity (Wildman–Crippen MR) is 105 cm³/mol. The Hall–Kier alpha value is -3.37. The average molecular weight is 435 g/mol. The second-order valence-corrected chi connectivity index (χ2v) is 7.63. The lowest BCUT2D eigenvalue weighted by atomic mass is 10.0. The van der Waals surface area contributed by atoms with Crippen LogP contribution in [0.25, 0.3) is 10.9 Å². The maximum atomic E-state index is 13.0. The Balaban J connectivity index is 1.50. The van der Waals surface area contributed by atoms with Crippen molar-refractivity contribution >= 4 is 22.6 Å². The molecule has 3 heterocycles. The van der Waals surface area contributed by atoms with Gasteiger partial charge in [0, 0.05) is 36.7 Å². The van der Waals surface area contributed by atoms with E-state index in [1.165, 1.54) is 4.90 Å². The van der Waals surface area contributed by atoms with Crippen molar-refractivity contribution in [3.63, 3.8) is 0 Å². The van der Waals surface area contributed by atoms with Crippen LogP contribution in [0, 0.1) is 6.92 Å². The fourth-order valence-corrected chi connectivity index (χ4v) is 4.07. The molecule has 0 atom stereocenters. The zero-order valence-corrected chi connectivity index (χ0v) is 16.9. The Bertz CT molecular complexity index is 1230. The molecule has 0 unspecified atom stereocenters. The lowest BCUT2D eigenvalue weighted by Gasteiger charge is -2.31. The van der Waals surface area contributed by atoms with Crippen LogP contribution in [0.1, 0.15) is 40.8 Å². The molecule has 8 nitrogen and oxygen atoms in total. The average Bonchev–Trinajstić information content (AvgIpc) is 3.23. The summed E-state index contributed by atoms with van der Waals surface area (Å²) < 4.78 is 40.3. The molecule has 0 bridgehead atoms. The Kier molecular flexibility index (Phi) is 4.98. The first-order chi connectivity index (χ1) is 14.6. The normalized spacial score (nSPS) is 15.6. The minimum Gasteiger partial charge on any atom is -0.358 e. The highest BCUT2D eigenvalue weighted by atomic mass is 19.4. The molecule has 1 aliphatic heterocycles. The molecule has 1 aromatic carbocycles. The molecule has 0 radical (unpaired) electrons. The number of aromatic amines is 1. The number of para-hydroxylation sites is 1. The van der Waals surface area contributed by atoms with Crippen LogP contribution in [-0.2, 0) is 18.0 Å². The van der Waals surface area contributed by atoms with Crippen LogP contribution in [0.5, 0.6) is 0 Å². The van der Waals surface area contributed by atoms with Gasteiger partial charge in [-0.15, -0.1) is 5.10 Å². The van der Waals surface area contributed by atoms with Crippen LogP contribution in [0.4, 0.5) is 13.2 Å². The van der Waals surface area contributed by atoms with Crippen molar-refractivity contribution < 1.29 is 22.8 Å². The van der Waals surface area contributed by atoms with Crippen LogP contribution in [0.15, 0.2) is 29.1 Å². The first-order valence-electron chi connectivity index (χ1n) is 9.73. The number of H-pyrrole nitrogens is 1. The van der Waals surface area contributed by atoms with E-state index in [1.807, 2.05) is 12.1 Å². The van der Waals surface area contributed by atoms with Gasteiger partial charge in [-0.3, -0.25) is 14.2 Å². The van der Waals surface area contributed by atoms with Gasteiger partial charge < -0.3 is 9.88 Å². The quantitative estimate of drug-likeness (QED) is 0.505. The molecule has 1 saturated heterocycles. The molecule has 1 fully saturated rings. The molecule has 2 aromatic heterocycles. The van der Waals surface area contributed by atoms with E-state index in [0.29, 0.717) is 21.2 Å². The lowest BCUT2D eigenvalue weighted by Crippen LogP contribution is -2.44. The molecule has 11 heteroatoms.